The highest BCUT2D eigenvalue weighted by Crippen LogP contribution is 2.24. The maximum atomic E-state index is 12.6. The Kier molecular flexibility index (Phi) is 6.27. The molecule has 6 heteroatoms. The minimum absolute atomic E-state index is 0.217. The van der Waals surface area contributed by atoms with E-state index in [-0.39, 0.29) is 5.91 Å². The van der Waals surface area contributed by atoms with Crippen molar-refractivity contribution in [2.75, 3.05) is 28.6 Å². The molecule has 2 aromatic rings. The van der Waals surface area contributed by atoms with Gasteiger partial charge in [0.1, 0.15) is 17.8 Å². The molecule has 0 saturated heterocycles. The Hall–Kier alpha value is -2.63. The largest absolute Gasteiger partial charge is 0.372 e. The number of nitrogens with one attached hydrogen (secondary N) is 2. The van der Waals surface area contributed by atoms with Crippen molar-refractivity contribution in [3.8, 4) is 0 Å². The van der Waals surface area contributed by atoms with Gasteiger partial charge in [-0.3, -0.25) is 4.79 Å². The van der Waals surface area contributed by atoms with Gasteiger partial charge in [-0.15, -0.1) is 0 Å². The van der Waals surface area contributed by atoms with E-state index in [1.807, 2.05) is 19.1 Å². The fraction of sp³-hybridized carbons (Fsp3) is 0.476. The Morgan fingerprint density at radius 3 is 2.56 bits per heavy atom. The van der Waals surface area contributed by atoms with E-state index >= 15 is 0 Å². The topological polar surface area (TPSA) is 70.2 Å². The Morgan fingerprint density at radius 1 is 1.15 bits per heavy atom. The van der Waals surface area contributed by atoms with Crippen LogP contribution >= 0.6 is 0 Å². The summed E-state index contributed by atoms with van der Waals surface area (Å²) in [7, 11) is 0. The molecule has 27 heavy (non-hydrogen) atoms. The summed E-state index contributed by atoms with van der Waals surface area (Å²) in [6, 6.07) is 8.29. The average molecular weight is 367 g/mol. The number of hydrogen-bond donors (Lipinski definition) is 2. The minimum atomic E-state index is -0.217. The molecule has 0 aliphatic heterocycles. The van der Waals surface area contributed by atoms with Gasteiger partial charge in [-0.25, -0.2) is 9.97 Å². The zero-order valence-electron chi connectivity index (χ0n) is 16.5. The van der Waals surface area contributed by atoms with Crippen LogP contribution in [-0.2, 0) is 0 Å². The molecule has 0 bridgehead atoms. The molecular weight excluding hydrogens is 338 g/mol. The van der Waals surface area contributed by atoms with Crippen molar-refractivity contribution in [1.82, 2.24) is 9.97 Å². The van der Waals surface area contributed by atoms with E-state index in [4.69, 9.17) is 0 Å². The van der Waals surface area contributed by atoms with Crippen LogP contribution in [0.4, 0.5) is 17.2 Å². The maximum Gasteiger partial charge on any atom is 0.274 e. The molecule has 1 aromatic heterocycles. The number of benzene rings is 1. The maximum absolute atomic E-state index is 12.6. The van der Waals surface area contributed by atoms with Gasteiger partial charge in [0, 0.05) is 36.6 Å². The van der Waals surface area contributed by atoms with Crippen LogP contribution in [0.1, 0.15) is 55.6 Å². The molecule has 1 aliphatic rings. The van der Waals surface area contributed by atoms with Gasteiger partial charge in [0.2, 0.25) is 0 Å². The third-order valence-corrected chi connectivity index (χ3v) is 5.19. The first-order valence-electron chi connectivity index (χ1n) is 9.86. The average Bonchev–Trinajstić information content (AvgIpc) is 3.18. The first-order valence-corrected chi connectivity index (χ1v) is 9.86. The summed E-state index contributed by atoms with van der Waals surface area (Å²) in [5.74, 6) is 0.501. The number of aromatic nitrogens is 2. The molecule has 0 radical (unpaired) electrons. The Balaban J connectivity index is 1.69. The standard InChI is InChI=1S/C21H29N5O/c1-4-26(5-2)17-10-11-18(15(3)12-17)25-21(27)19-13-20(23-14-22-19)24-16-8-6-7-9-16/h10-14,16H,4-9H2,1-3H3,(H,25,27)(H,22,23,24). The summed E-state index contributed by atoms with van der Waals surface area (Å²) in [5.41, 5.74) is 3.38. The molecule has 0 spiro atoms. The van der Waals surface area contributed by atoms with Crippen molar-refractivity contribution in [2.45, 2.75) is 52.5 Å². The van der Waals surface area contributed by atoms with Gasteiger partial charge in [0.25, 0.3) is 5.91 Å². The second-order valence-corrected chi connectivity index (χ2v) is 7.04. The number of anilines is 3. The van der Waals surface area contributed by atoms with Crippen LogP contribution in [0, 0.1) is 6.92 Å². The molecule has 1 aliphatic carbocycles. The second kappa shape index (κ2) is 8.84. The summed E-state index contributed by atoms with van der Waals surface area (Å²) in [6.45, 7) is 8.20. The summed E-state index contributed by atoms with van der Waals surface area (Å²) in [5, 5.41) is 6.38. The number of rotatable bonds is 7. The quantitative estimate of drug-likeness (QED) is 0.766. The zero-order valence-corrected chi connectivity index (χ0v) is 16.5. The lowest BCUT2D eigenvalue weighted by Crippen LogP contribution is -2.22. The molecule has 1 saturated carbocycles. The number of nitrogens with zero attached hydrogens (tertiary/aromatic N) is 3. The fourth-order valence-corrected chi connectivity index (χ4v) is 3.60. The van der Waals surface area contributed by atoms with Crippen LogP contribution in [0.2, 0.25) is 0 Å². The van der Waals surface area contributed by atoms with Crippen LogP contribution in [-0.4, -0.2) is 35.0 Å². The Bertz CT molecular complexity index is 782. The molecule has 2 N–H and O–H groups in total. The monoisotopic (exact) mass is 367 g/mol. The van der Waals surface area contributed by atoms with Gasteiger partial charge in [-0.2, -0.15) is 0 Å². The van der Waals surface area contributed by atoms with Gasteiger partial charge in [0.15, 0.2) is 0 Å². The van der Waals surface area contributed by atoms with Gasteiger partial charge in [-0.05, 0) is 57.4 Å². The van der Waals surface area contributed by atoms with Crippen molar-refractivity contribution in [3.05, 3.63) is 41.9 Å². The molecule has 1 fully saturated rings. The summed E-state index contributed by atoms with van der Waals surface area (Å²) in [6.07, 6.45) is 6.26. The molecule has 3 rings (SSSR count). The van der Waals surface area contributed by atoms with Crippen LogP contribution in [0.3, 0.4) is 0 Å². The van der Waals surface area contributed by atoms with Gasteiger partial charge < -0.3 is 15.5 Å². The smallest absolute Gasteiger partial charge is 0.274 e. The first-order chi connectivity index (χ1) is 13.1. The van der Waals surface area contributed by atoms with E-state index < -0.39 is 0 Å². The summed E-state index contributed by atoms with van der Waals surface area (Å²) in [4.78, 5) is 23.3. The third kappa shape index (κ3) is 4.76. The Labute approximate surface area is 161 Å². The van der Waals surface area contributed by atoms with Crippen LogP contribution in [0.15, 0.2) is 30.6 Å². The molecule has 1 heterocycles. The lowest BCUT2D eigenvalue weighted by atomic mass is 10.1. The molecular formula is C21H29N5O. The van der Waals surface area contributed by atoms with Crippen LogP contribution in [0.5, 0.6) is 0 Å². The third-order valence-electron chi connectivity index (χ3n) is 5.19. The van der Waals surface area contributed by atoms with E-state index in [2.05, 4.69) is 45.4 Å². The lowest BCUT2D eigenvalue weighted by Gasteiger charge is -2.22. The molecule has 1 aromatic carbocycles. The van der Waals surface area contributed by atoms with Crippen molar-refractivity contribution < 1.29 is 4.79 Å². The first kappa shape index (κ1) is 19.1. The molecule has 1 amide bonds. The van der Waals surface area contributed by atoms with Crippen molar-refractivity contribution in [2.24, 2.45) is 0 Å². The minimum Gasteiger partial charge on any atom is -0.372 e. The highest BCUT2D eigenvalue weighted by atomic mass is 16.1. The van der Waals surface area contributed by atoms with Crippen molar-refractivity contribution in [1.29, 1.82) is 0 Å². The second-order valence-electron chi connectivity index (χ2n) is 7.04. The van der Waals surface area contributed by atoms with E-state index in [0.717, 1.165) is 43.0 Å². The normalized spacial score (nSPS) is 14.2. The highest BCUT2D eigenvalue weighted by Gasteiger charge is 2.16. The van der Waals surface area contributed by atoms with E-state index in [9.17, 15) is 4.79 Å². The van der Waals surface area contributed by atoms with Gasteiger partial charge in [-0.1, -0.05) is 12.8 Å². The van der Waals surface area contributed by atoms with Gasteiger partial charge >= 0.3 is 0 Å². The molecule has 0 atom stereocenters. The zero-order chi connectivity index (χ0) is 19.2. The predicted molar refractivity (Wildman–Crippen MR) is 111 cm³/mol. The van der Waals surface area contributed by atoms with E-state index in [0.29, 0.717) is 11.7 Å². The number of carbonyl (C=O) groups excluding carboxylic acids is 1. The highest BCUT2D eigenvalue weighted by molar-refractivity contribution is 6.03. The predicted octanol–water partition coefficient (Wildman–Crippen LogP) is 4.24. The SMILES string of the molecule is CCN(CC)c1ccc(NC(=O)c2cc(NC3CCCC3)ncn2)c(C)c1. The number of aryl methyl sites for hydroxylation is 1. The van der Waals surface area contributed by atoms with Crippen molar-refractivity contribution >= 4 is 23.1 Å². The van der Waals surface area contributed by atoms with E-state index in [1.165, 1.54) is 24.9 Å². The number of amides is 1. The Morgan fingerprint density at radius 2 is 1.89 bits per heavy atom. The molecule has 0 unspecified atom stereocenters. The summed E-state index contributed by atoms with van der Waals surface area (Å²) >= 11 is 0. The van der Waals surface area contributed by atoms with Crippen LogP contribution in [0.25, 0.3) is 0 Å². The summed E-state index contributed by atoms with van der Waals surface area (Å²) < 4.78 is 0. The van der Waals surface area contributed by atoms with E-state index in [1.54, 1.807) is 6.07 Å². The molecule has 144 valence electrons. The number of carbonyl (C=O) groups is 1. The fourth-order valence-electron chi connectivity index (χ4n) is 3.60. The van der Waals surface area contributed by atoms with Crippen molar-refractivity contribution in [3.63, 3.8) is 0 Å². The lowest BCUT2D eigenvalue weighted by molar-refractivity contribution is 0.102. The van der Waals surface area contributed by atoms with Crippen LogP contribution < -0.4 is 15.5 Å². The number of hydrogen-bond acceptors (Lipinski definition) is 5. The molecule has 6 nitrogen and oxygen atoms in total. The van der Waals surface area contributed by atoms with Gasteiger partial charge in [0.05, 0.1) is 0 Å².